The molecular weight excluding hydrogens is 520 g/mol. The summed E-state index contributed by atoms with van der Waals surface area (Å²) in [6, 6.07) is 36.7. The first kappa shape index (κ1) is 25.9. The molecule has 0 aliphatic carbocycles. The van der Waals surface area contributed by atoms with Crippen molar-refractivity contribution in [1.29, 1.82) is 0 Å². The molecule has 5 aromatic carbocycles. The van der Waals surface area contributed by atoms with Crippen molar-refractivity contribution in [2.75, 3.05) is 16.8 Å². The fraction of sp³-hybridized carbons (Fsp3) is 0.162. The van der Waals surface area contributed by atoms with Crippen LogP contribution in [0.1, 0.15) is 50.7 Å². The van der Waals surface area contributed by atoms with Gasteiger partial charge in [0.25, 0.3) is 0 Å². The first-order valence-electron chi connectivity index (χ1n) is 14.4. The lowest BCUT2D eigenvalue weighted by Gasteiger charge is -2.37. The molecule has 5 heteroatoms. The Hall–Kier alpha value is -5.03. The Bertz CT molecular complexity index is 1830. The Labute approximate surface area is 246 Å². The van der Waals surface area contributed by atoms with E-state index in [9.17, 15) is 4.79 Å². The molecule has 0 saturated heterocycles. The molecule has 208 valence electrons. The molecule has 0 amide bonds. The summed E-state index contributed by atoms with van der Waals surface area (Å²) in [4.78, 5) is 15.6. The molecule has 0 bridgehead atoms. The van der Waals surface area contributed by atoms with Crippen molar-refractivity contribution in [2.24, 2.45) is 0 Å². The SMILES string of the molecule is CCN(c1ccc2c(c1)Oc1ccc(NCc3ccccc3)cc1C21OC(=O)c2ccccc21)c1ccc(C)cc1C. The summed E-state index contributed by atoms with van der Waals surface area (Å²) in [7, 11) is 0. The van der Waals surface area contributed by atoms with Crippen molar-refractivity contribution in [1.82, 2.24) is 0 Å². The van der Waals surface area contributed by atoms with E-state index in [1.165, 1.54) is 16.7 Å². The van der Waals surface area contributed by atoms with Crippen LogP contribution >= 0.6 is 0 Å². The number of hydrogen-bond acceptors (Lipinski definition) is 5. The number of anilines is 3. The normalized spacial score (nSPS) is 16.2. The molecule has 7 rings (SSSR count). The number of benzene rings is 5. The highest BCUT2D eigenvalue weighted by molar-refractivity contribution is 5.97. The molecule has 2 heterocycles. The Balaban J connectivity index is 1.35. The number of nitrogens with one attached hydrogen (secondary N) is 1. The summed E-state index contributed by atoms with van der Waals surface area (Å²) in [6.07, 6.45) is 0. The maximum Gasteiger partial charge on any atom is 0.340 e. The average molecular weight is 553 g/mol. The largest absolute Gasteiger partial charge is 0.456 e. The van der Waals surface area contributed by atoms with Gasteiger partial charge < -0.3 is 19.7 Å². The zero-order valence-electron chi connectivity index (χ0n) is 24.0. The van der Waals surface area contributed by atoms with Crippen LogP contribution in [0, 0.1) is 13.8 Å². The second-order valence-corrected chi connectivity index (χ2v) is 11.0. The first-order chi connectivity index (χ1) is 20.5. The molecule has 2 aliphatic rings. The molecule has 2 aliphatic heterocycles. The topological polar surface area (TPSA) is 50.8 Å². The van der Waals surface area contributed by atoms with Crippen LogP contribution in [0.15, 0.2) is 109 Å². The van der Waals surface area contributed by atoms with Gasteiger partial charge in [0, 0.05) is 52.9 Å². The molecule has 5 nitrogen and oxygen atoms in total. The summed E-state index contributed by atoms with van der Waals surface area (Å²) >= 11 is 0. The standard InChI is InChI=1S/C37H32N2O3/c1-4-39(33-18-14-24(2)20-25(33)3)28-16-17-31-35(22-28)41-34-19-15-27(38-23-26-10-6-5-7-11-26)21-32(34)37(31)30-13-9-8-12-29(30)36(40)42-37/h5-22,38H,4,23H2,1-3H3. The molecule has 0 fully saturated rings. The zero-order chi connectivity index (χ0) is 28.8. The van der Waals surface area contributed by atoms with Crippen LogP contribution < -0.4 is 15.0 Å². The predicted octanol–water partition coefficient (Wildman–Crippen LogP) is 8.64. The summed E-state index contributed by atoms with van der Waals surface area (Å²) < 4.78 is 13.0. The lowest BCUT2D eigenvalue weighted by molar-refractivity contribution is 0.0224. The second-order valence-electron chi connectivity index (χ2n) is 11.0. The van der Waals surface area contributed by atoms with Gasteiger partial charge in [-0.05, 0) is 74.4 Å². The molecule has 0 saturated carbocycles. The predicted molar refractivity (Wildman–Crippen MR) is 167 cm³/mol. The third-order valence-electron chi connectivity index (χ3n) is 8.31. The second kappa shape index (κ2) is 10.1. The van der Waals surface area contributed by atoms with Crippen LogP contribution in [0.2, 0.25) is 0 Å². The highest BCUT2D eigenvalue weighted by atomic mass is 16.6. The Morgan fingerprint density at radius 3 is 2.38 bits per heavy atom. The van der Waals surface area contributed by atoms with E-state index in [1.54, 1.807) is 0 Å². The van der Waals surface area contributed by atoms with Crippen LogP contribution in [0.3, 0.4) is 0 Å². The highest BCUT2D eigenvalue weighted by Gasteiger charge is 2.53. The van der Waals surface area contributed by atoms with Gasteiger partial charge in [-0.1, -0.05) is 66.2 Å². The third-order valence-corrected chi connectivity index (χ3v) is 8.31. The minimum atomic E-state index is -1.11. The zero-order valence-corrected chi connectivity index (χ0v) is 24.0. The van der Waals surface area contributed by atoms with Gasteiger partial charge in [0.15, 0.2) is 5.60 Å². The molecule has 0 aromatic heterocycles. The fourth-order valence-electron chi connectivity index (χ4n) is 6.34. The molecule has 1 spiro atoms. The smallest absolute Gasteiger partial charge is 0.340 e. The van der Waals surface area contributed by atoms with E-state index in [-0.39, 0.29) is 5.97 Å². The number of hydrogen-bond donors (Lipinski definition) is 1. The summed E-state index contributed by atoms with van der Waals surface area (Å²) in [5.74, 6) is 1.02. The number of rotatable bonds is 6. The van der Waals surface area contributed by atoms with Crippen molar-refractivity contribution in [3.05, 3.63) is 148 Å². The van der Waals surface area contributed by atoms with Crippen molar-refractivity contribution >= 4 is 23.0 Å². The van der Waals surface area contributed by atoms with Gasteiger partial charge >= 0.3 is 5.97 Å². The quantitative estimate of drug-likeness (QED) is 0.214. The van der Waals surface area contributed by atoms with E-state index in [0.29, 0.717) is 23.6 Å². The number of carbonyl (C=O) groups is 1. The monoisotopic (exact) mass is 552 g/mol. The number of carbonyl (C=O) groups excluding carboxylic acids is 1. The van der Waals surface area contributed by atoms with Gasteiger partial charge in [0.2, 0.25) is 0 Å². The molecule has 0 radical (unpaired) electrons. The number of fused-ring (bicyclic) bond motifs is 6. The lowest BCUT2D eigenvalue weighted by Crippen LogP contribution is -2.33. The van der Waals surface area contributed by atoms with Gasteiger partial charge in [-0.15, -0.1) is 0 Å². The van der Waals surface area contributed by atoms with Gasteiger partial charge in [-0.2, -0.15) is 0 Å². The number of nitrogens with zero attached hydrogens (tertiary/aromatic N) is 1. The summed E-state index contributed by atoms with van der Waals surface area (Å²) in [6.45, 7) is 7.87. The van der Waals surface area contributed by atoms with E-state index in [0.717, 1.165) is 40.3 Å². The van der Waals surface area contributed by atoms with Gasteiger partial charge in [0.05, 0.1) is 5.56 Å². The first-order valence-corrected chi connectivity index (χ1v) is 14.4. The van der Waals surface area contributed by atoms with Crippen molar-refractivity contribution in [3.8, 4) is 11.5 Å². The third kappa shape index (κ3) is 4.12. The molecule has 1 unspecified atom stereocenters. The van der Waals surface area contributed by atoms with Crippen LogP contribution in [0.25, 0.3) is 0 Å². The van der Waals surface area contributed by atoms with Gasteiger partial charge in [-0.25, -0.2) is 4.79 Å². The van der Waals surface area contributed by atoms with Crippen molar-refractivity contribution in [2.45, 2.75) is 32.9 Å². The van der Waals surface area contributed by atoms with Gasteiger partial charge in [0.1, 0.15) is 11.5 Å². The molecule has 1 N–H and O–H groups in total. The number of esters is 1. The molecule has 1 atom stereocenters. The average Bonchev–Trinajstić information content (AvgIpc) is 3.31. The Kier molecular flexibility index (Phi) is 6.23. The van der Waals surface area contributed by atoms with Gasteiger partial charge in [-0.3, -0.25) is 0 Å². The summed E-state index contributed by atoms with van der Waals surface area (Å²) in [5.41, 5.74) is 8.63. The van der Waals surface area contributed by atoms with Crippen LogP contribution in [0.4, 0.5) is 17.1 Å². The van der Waals surface area contributed by atoms with E-state index < -0.39 is 5.60 Å². The Morgan fingerprint density at radius 2 is 1.57 bits per heavy atom. The summed E-state index contributed by atoms with van der Waals surface area (Å²) in [5, 5.41) is 3.53. The van der Waals surface area contributed by atoms with E-state index >= 15 is 0 Å². The van der Waals surface area contributed by atoms with Crippen LogP contribution in [-0.4, -0.2) is 12.5 Å². The minimum Gasteiger partial charge on any atom is -0.456 e. The fourth-order valence-corrected chi connectivity index (χ4v) is 6.34. The Morgan fingerprint density at radius 1 is 0.762 bits per heavy atom. The minimum absolute atomic E-state index is 0.332. The number of ether oxygens (including phenoxy) is 2. The maximum atomic E-state index is 13.3. The highest BCUT2D eigenvalue weighted by Crippen LogP contribution is 2.57. The number of aryl methyl sites for hydroxylation is 2. The molecule has 5 aromatic rings. The van der Waals surface area contributed by atoms with Crippen molar-refractivity contribution in [3.63, 3.8) is 0 Å². The maximum absolute atomic E-state index is 13.3. The van der Waals surface area contributed by atoms with E-state index in [1.807, 2.05) is 54.6 Å². The van der Waals surface area contributed by atoms with Crippen molar-refractivity contribution < 1.29 is 14.3 Å². The van der Waals surface area contributed by atoms with Crippen LogP contribution in [0.5, 0.6) is 11.5 Å². The molecular formula is C37H32N2O3. The lowest BCUT2D eigenvalue weighted by atomic mass is 9.77. The molecule has 42 heavy (non-hydrogen) atoms. The van der Waals surface area contributed by atoms with E-state index in [4.69, 9.17) is 9.47 Å². The van der Waals surface area contributed by atoms with Crippen LogP contribution in [-0.2, 0) is 16.9 Å². The van der Waals surface area contributed by atoms with E-state index in [2.05, 4.69) is 85.6 Å².